The maximum Gasteiger partial charge on any atom is 0.311 e. The van der Waals surface area contributed by atoms with Gasteiger partial charge in [0.25, 0.3) is 0 Å². The van der Waals surface area contributed by atoms with Gasteiger partial charge in [0.2, 0.25) is 0 Å². The second-order valence-electron chi connectivity index (χ2n) is 5.84. The van der Waals surface area contributed by atoms with Crippen molar-refractivity contribution in [2.24, 2.45) is 0 Å². The van der Waals surface area contributed by atoms with Gasteiger partial charge >= 0.3 is 5.97 Å². The van der Waals surface area contributed by atoms with Crippen molar-refractivity contribution in [3.63, 3.8) is 0 Å². The van der Waals surface area contributed by atoms with Gasteiger partial charge in [0.05, 0.1) is 19.7 Å². The number of pyridine rings is 1. The van der Waals surface area contributed by atoms with Crippen LogP contribution in [-0.4, -0.2) is 53.2 Å². The van der Waals surface area contributed by atoms with E-state index in [2.05, 4.69) is 14.8 Å². The van der Waals surface area contributed by atoms with Gasteiger partial charge in [-0.05, 0) is 31.3 Å². The Labute approximate surface area is 156 Å². The third kappa shape index (κ3) is 4.65. The molecule has 2 aromatic heterocycles. The molecule has 1 fully saturated rings. The molecule has 1 aliphatic heterocycles. The van der Waals surface area contributed by atoms with E-state index < -0.39 is 0 Å². The van der Waals surface area contributed by atoms with Crippen LogP contribution in [0.15, 0.2) is 29.8 Å². The van der Waals surface area contributed by atoms with Crippen LogP contribution < -0.4 is 4.90 Å². The molecule has 3 heterocycles. The molecule has 134 valence electrons. The highest BCUT2D eigenvalue weighted by molar-refractivity contribution is 7.73. The number of carbonyl (C=O) groups is 1. The molecule has 1 saturated heterocycles. The van der Waals surface area contributed by atoms with Gasteiger partial charge < -0.3 is 14.2 Å². The Balaban J connectivity index is 1.60. The molecule has 0 N–H and O–H groups in total. The number of piperazine rings is 1. The molecule has 0 bridgehead atoms. The zero-order valence-electron chi connectivity index (χ0n) is 14.3. The summed E-state index contributed by atoms with van der Waals surface area (Å²) in [6.45, 7) is 6.68. The first-order valence-electron chi connectivity index (χ1n) is 8.38. The predicted octanol–water partition coefficient (Wildman–Crippen LogP) is 2.56. The highest BCUT2D eigenvalue weighted by Crippen LogP contribution is 2.16. The van der Waals surface area contributed by atoms with E-state index in [0.29, 0.717) is 13.3 Å². The summed E-state index contributed by atoms with van der Waals surface area (Å²) in [5.41, 5.74) is 0.931. The maximum absolute atomic E-state index is 11.8. The second kappa shape index (κ2) is 8.55. The normalized spacial score (nSPS) is 15.3. The molecule has 0 saturated carbocycles. The number of aromatic nitrogens is 2. The SMILES string of the molecule is CCOC(=O)Cc1csc(=S)n1CN1CCN(c2ccccn2)CC1. The smallest absolute Gasteiger partial charge is 0.311 e. The second-order valence-corrected chi connectivity index (χ2v) is 7.34. The lowest BCUT2D eigenvalue weighted by molar-refractivity contribution is -0.142. The van der Waals surface area contributed by atoms with E-state index in [1.165, 1.54) is 11.3 Å². The lowest BCUT2D eigenvalue weighted by atomic mass is 10.3. The Bertz CT molecular complexity index is 752. The first-order chi connectivity index (χ1) is 12.2. The van der Waals surface area contributed by atoms with E-state index in [9.17, 15) is 4.79 Å². The molecule has 0 radical (unpaired) electrons. The first-order valence-corrected chi connectivity index (χ1v) is 9.67. The van der Waals surface area contributed by atoms with E-state index >= 15 is 0 Å². The topological polar surface area (TPSA) is 50.6 Å². The van der Waals surface area contributed by atoms with Gasteiger partial charge in [-0.2, -0.15) is 0 Å². The standard InChI is InChI=1S/C17H22N4O2S2/c1-2-23-16(22)11-14-12-25-17(24)21(14)13-19-7-9-20(10-8-19)15-5-3-4-6-18-15/h3-6,12H,2,7-11,13H2,1H3. The number of thiazole rings is 1. The van der Waals surface area contributed by atoms with Crippen molar-refractivity contribution in [1.82, 2.24) is 14.5 Å². The highest BCUT2D eigenvalue weighted by atomic mass is 32.1. The average molecular weight is 379 g/mol. The van der Waals surface area contributed by atoms with E-state index in [1.54, 1.807) is 0 Å². The van der Waals surface area contributed by atoms with Crippen molar-refractivity contribution in [3.8, 4) is 0 Å². The zero-order chi connectivity index (χ0) is 17.6. The van der Waals surface area contributed by atoms with Crippen LogP contribution in [0.3, 0.4) is 0 Å². The quantitative estimate of drug-likeness (QED) is 0.569. The van der Waals surface area contributed by atoms with Crippen LogP contribution >= 0.6 is 23.6 Å². The molecule has 25 heavy (non-hydrogen) atoms. The Morgan fingerprint density at radius 1 is 1.32 bits per heavy atom. The van der Waals surface area contributed by atoms with Crippen LogP contribution in [0, 0.1) is 3.95 Å². The summed E-state index contributed by atoms with van der Waals surface area (Å²) >= 11 is 6.94. The van der Waals surface area contributed by atoms with Crippen LogP contribution in [0.25, 0.3) is 0 Å². The van der Waals surface area contributed by atoms with E-state index in [0.717, 1.165) is 41.6 Å². The minimum atomic E-state index is -0.205. The largest absolute Gasteiger partial charge is 0.466 e. The van der Waals surface area contributed by atoms with Gasteiger partial charge in [-0.1, -0.05) is 6.07 Å². The third-order valence-corrected chi connectivity index (χ3v) is 5.50. The molecule has 3 rings (SSSR count). The number of carbonyl (C=O) groups excluding carboxylic acids is 1. The lowest BCUT2D eigenvalue weighted by Gasteiger charge is -2.35. The Hall–Kier alpha value is -1.77. The van der Waals surface area contributed by atoms with Crippen LogP contribution in [0.1, 0.15) is 12.6 Å². The third-order valence-electron chi connectivity index (χ3n) is 4.18. The highest BCUT2D eigenvalue weighted by Gasteiger charge is 2.19. The Morgan fingerprint density at radius 3 is 2.80 bits per heavy atom. The Kier molecular flexibility index (Phi) is 6.17. The molecule has 0 amide bonds. The number of esters is 1. The van der Waals surface area contributed by atoms with Crippen molar-refractivity contribution in [2.75, 3.05) is 37.7 Å². The molecule has 2 aromatic rings. The number of hydrogen-bond acceptors (Lipinski definition) is 7. The summed E-state index contributed by atoms with van der Waals surface area (Å²) < 4.78 is 7.90. The minimum Gasteiger partial charge on any atom is -0.466 e. The van der Waals surface area contributed by atoms with Gasteiger partial charge in [0.1, 0.15) is 5.82 Å². The van der Waals surface area contributed by atoms with E-state index in [-0.39, 0.29) is 12.4 Å². The van der Waals surface area contributed by atoms with E-state index in [4.69, 9.17) is 17.0 Å². The van der Waals surface area contributed by atoms with E-state index in [1.807, 2.05) is 41.3 Å². The molecule has 0 atom stereocenters. The molecule has 6 nitrogen and oxygen atoms in total. The number of hydrogen-bond donors (Lipinski definition) is 0. The van der Waals surface area contributed by atoms with Gasteiger partial charge in [0.15, 0.2) is 3.95 Å². The fourth-order valence-electron chi connectivity index (χ4n) is 2.87. The zero-order valence-corrected chi connectivity index (χ0v) is 15.9. The first kappa shape index (κ1) is 18.0. The summed E-state index contributed by atoms with van der Waals surface area (Å²) in [7, 11) is 0. The molecule has 8 heteroatoms. The van der Waals surface area contributed by atoms with Crippen LogP contribution in [-0.2, 0) is 22.6 Å². The van der Waals surface area contributed by atoms with Crippen LogP contribution in [0.2, 0.25) is 0 Å². The molecule has 0 unspecified atom stereocenters. The summed E-state index contributed by atoms with van der Waals surface area (Å²) in [6, 6.07) is 5.99. The molecule has 0 spiro atoms. The fraction of sp³-hybridized carbons (Fsp3) is 0.471. The van der Waals surface area contributed by atoms with Gasteiger partial charge in [0, 0.05) is 43.4 Å². The minimum absolute atomic E-state index is 0.205. The Morgan fingerprint density at radius 2 is 2.12 bits per heavy atom. The van der Waals surface area contributed by atoms with Crippen molar-refractivity contribution in [3.05, 3.63) is 39.4 Å². The summed E-state index contributed by atoms with van der Waals surface area (Å²) in [6.07, 6.45) is 2.10. The van der Waals surface area contributed by atoms with Gasteiger partial charge in [-0.15, -0.1) is 11.3 Å². The van der Waals surface area contributed by atoms with Crippen LogP contribution in [0.4, 0.5) is 5.82 Å². The molecular weight excluding hydrogens is 356 g/mol. The van der Waals surface area contributed by atoms with Crippen molar-refractivity contribution in [1.29, 1.82) is 0 Å². The number of anilines is 1. The monoisotopic (exact) mass is 378 g/mol. The van der Waals surface area contributed by atoms with Crippen molar-refractivity contribution in [2.45, 2.75) is 20.0 Å². The lowest BCUT2D eigenvalue weighted by Crippen LogP contribution is -2.47. The number of ether oxygens (including phenoxy) is 1. The number of nitrogens with zero attached hydrogens (tertiary/aromatic N) is 4. The molecule has 1 aliphatic rings. The maximum atomic E-state index is 11.8. The summed E-state index contributed by atoms with van der Waals surface area (Å²) in [5, 5.41) is 1.96. The van der Waals surface area contributed by atoms with Crippen molar-refractivity contribution < 1.29 is 9.53 Å². The van der Waals surface area contributed by atoms with Crippen molar-refractivity contribution >= 4 is 35.3 Å². The number of rotatable bonds is 6. The predicted molar refractivity (Wildman–Crippen MR) is 102 cm³/mol. The summed E-state index contributed by atoms with van der Waals surface area (Å²) in [5.74, 6) is 0.821. The fourth-order valence-corrected chi connectivity index (χ4v) is 3.94. The molecule has 0 aliphatic carbocycles. The molecular formula is C17H22N4O2S2. The van der Waals surface area contributed by atoms with Gasteiger partial charge in [-0.3, -0.25) is 9.69 Å². The summed E-state index contributed by atoms with van der Waals surface area (Å²) in [4.78, 5) is 20.8. The molecule has 0 aromatic carbocycles. The average Bonchev–Trinajstić information content (AvgIpc) is 2.96. The van der Waals surface area contributed by atoms with Crippen LogP contribution in [0.5, 0.6) is 0 Å². The van der Waals surface area contributed by atoms with Gasteiger partial charge in [-0.25, -0.2) is 4.98 Å².